The fourth-order valence-electron chi connectivity index (χ4n) is 1.28. The predicted molar refractivity (Wildman–Crippen MR) is 62.3 cm³/mol. The SMILES string of the molecule is Nc1cc(F)ccc1Oc1ccc(Cl)c(F)c1. The Morgan fingerprint density at radius 2 is 1.82 bits per heavy atom. The van der Waals surface area contributed by atoms with Gasteiger partial charge in [-0.2, -0.15) is 0 Å². The molecule has 2 rings (SSSR count). The first-order valence-corrected chi connectivity index (χ1v) is 5.12. The molecule has 88 valence electrons. The lowest BCUT2D eigenvalue weighted by atomic mass is 10.3. The summed E-state index contributed by atoms with van der Waals surface area (Å²) in [6.07, 6.45) is 0. The molecule has 2 nitrogen and oxygen atoms in total. The number of hydrogen-bond acceptors (Lipinski definition) is 2. The molecule has 0 aliphatic carbocycles. The summed E-state index contributed by atoms with van der Waals surface area (Å²) in [5.41, 5.74) is 5.69. The highest BCUT2D eigenvalue weighted by Gasteiger charge is 2.06. The minimum absolute atomic E-state index is 0.00410. The van der Waals surface area contributed by atoms with Crippen molar-refractivity contribution in [1.29, 1.82) is 0 Å². The van der Waals surface area contributed by atoms with E-state index in [1.54, 1.807) is 0 Å². The van der Waals surface area contributed by atoms with E-state index in [0.717, 1.165) is 12.1 Å². The second kappa shape index (κ2) is 4.59. The molecular weight excluding hydrogens is 248 g/mol. The molecule has 0 radical (unpaired) electrons. The van der Waals surface area contributed by atoms with Gasteiger partial charge in [0.2, 0.25) is 0 Å². The quantitative estimate of drug-likeness (QED) is 0.824. The summed E-state index contributed by atoms with van der Waals surface area (Å²) in [7, 11) is 0. The zero-order valence-electron chi connectivity index (χ0n) is 8.58. The molecule has 0 aromatic heterocycles. The number of ether oxygens (including phenoxy) is 1. The highest BCUT2D eigenvalue weighted by atomic mass is 35.5. The second-order valence-corrected chi connectivity index (χ2v) is 3.77. The van der Waals surface area contributed by atoms with Crippen molar-refractivity contribution in [2.24, 2.45) is 0 Å². The van der Waals surface area contributed by atoms with E-state index in [4.69, 9.17) is 22.1 Å². The van der Waals surface area contributed by atoms with E-state index < -0.39 is 11.6 Å². The molecule has 0 unspecified atom stereocenters. The van der Waals surface area contributed by atoms with Crippen LogP contribution >= 0.6 is 11.6 Å². The van der Waals surface area contributed by atoms with Gasteiger partial charge in [-0.3, -0.25) is 0 Å². The molecule has 17 heavy (non-hydrogen) atoms. The first-order chi connectivity index (χ1) is 8.06. The summed E-state index contributed by atoms with van der Waals surface area (Å²) >= 11 is 5.53. The van der Waals surface area contributed by atoms with Crippen molar-refractivity contribution in [3.63, 3.8) is 0 Å². The second-order valence-electron chi connectivity index (χ2n) is 3.36. The third-order valence-electron chi connectivity index (χ3n) is 2.09. The maximum Gasteiger partial charge on any atom is 0.150 e. The zero-order valence-corrected chi connectivity index (χ0v) is 9.34. The molecule has 5 heteroatoms. The van der Waals surface area contributed by atoms with Gasteiger partial charge in [-0.15, -0.1) is 0 Å². The summed E-state index contributed by atoms with van der Waals surface area (Å²) in [6, 6.07) is 7.70. The average Bonchev–Trinajstić information content (AvgIpc) is 2.27. The number of rotatable bonds is 2. The van der Waals surface area contributed by atoms with Crippen molar-refractivity contribution >= 4 is 17.3 Å². The van der Waals surface area contributed by atoms with Crippen molar-refractivity contribution in [2.75, 3.05) is 5.73 Å². The van der Waals surface area contributed by atoms with Crippen LogP contribution in [0.3, 0.4) is 0 Å². The molecule has 0 aliphatic rings. The van der Waals surface area contributed by atoms with Gasteiger partial charge in [-0.25, -0.2) is 8.78 Å². The molecule has 0 aliphatic heterocycles. The average molecular weight is 256 g/mol. The molecule has 0 fully saturated rings. The summed E-state index contributed by atoms with van der Waals surface area (Å²) in [6.45, 7) is 0. The van der Waals surface area contributed by atoms with E-state index >= 15 is 0 Å². The van der Waals surface area contributed by atoms with Crippen LogP contribution in [0.2, 0.25) is 5.02 Å². The lowest BCUT2D eigenvalue weighted by Gasteiger charge is -2.08. The highest BCUT2D eigenvalue weighted by Crippen LogP contribution is 2.29. The van der Waals surface area contributed by atoms with Gasteiger partial charge in [0, 0.05) is 12.1 Å². The van der Waals surface area contributed by atoms with E-state index in [2.05, 4.69) is 0 Å². The zero-order chi connectivity index (χ0) is 12.4. The number of benzene rings is 2. The smallest absolute Gasteiger partial charge is 0.150 e. The van der Waals surface area contributed by atoms with E-state index in [9.17, 15) is 8.78 Å². The van der Waals surface area contributed by atoms with Crippen LogP contribution in [-0.2, 0) is 0 Å². The Labute approximate surface area is 102 Å². The van der Waals surface area contributed by atoms with Gasteiger partial charge >= 0.3 is 0 Å². The monoisotopic (exact) mass is 255 g/mol. The standard InChI is InChI=1S/C12H8ClF2NO/c13-9-3-2-8(6-10(9)15)17-12-4-1-7(14)5-11(12)16/h1-6H,16H2. The molecule has 0 saturated carbocycles. The minimum Gasteiger partial charge on any atom is -0.455 e. The normalized spacial score (nSPS) is 10.3. The van der Waals surface area contributed by atoms with Gasteiger partial charge in [0.1, 0.15) is 17.4 Å². The largest absolute Gasteiger partial charge is 0.455 e. The summed E-state index contributed by atoms with van der Waals surface area (Å²) in [5.74, 6) is -0.555. The van der Waals surface area contributed by atoms with E-state index in [0.29, 0.717) is 0 Å². The topological polar surface area (TPSA) is 35.2 Å². The van der Waals surface area contributed by atoms with E-state index in [1.807, 2.05) is 0 Å². The van der Waals surface area contributed by atoms with E-state index in [-0.39, 0.29) is 22.2 Å². The Kier molecular flexibility index (Phi) is 3.15. The van der Waals surface area contributed by atoms with Gasteiger partial charge in [0.15, 0.2) is 5.75 Å². The third-order valence-corrected chi connectivity index (χ3v) is 2.40. The molecule has 0 atom stereocenters. The summed E-state index contributed by atoms with van der Waals surface area (Å²) in [4.78, 5) is 0. The Bertz CT molecular complexity index is 560. The molecular formula is C12H8ClF2NO. The minimum atomic E-state index is -0.593. The highest BCUT2D eigenvalue weighted by molar-refractivity contribution is 6.30. The van der Waals surface area contributed by atoms with Gasteiger partial charge in [-0.1, -0.05) is 11.6 Å². The number of anilines is 1. The van der Waals surface area contributed by atoms with Crippen molar-refractivity contribution in [3.05, 3.63) is 53.1 Å². The Morgan fingerprint density at radius 1 is 1.06 bits per heavy atom. The summed E-state index contributed by atoms with van der Waals surface area (Å²) < 4.78 is 31.2. The predicted octanol–water partition coefficient (Wildman–Crippen LogP) is 3.99. The van der Waals surface area contributed by atoms with Crippen LogP contribution < -0.4 is 10.5 Å². The van der Waals surface area contributed by atoms with Gasteiger partial charge in [-0.05, 0) is 24.3 Å². The van der Waals surface area contributed by atoms with Crippen molar-refractivity contribution < 1.29 is 13.5 Å². The van der Waals surface area contributed by atoms with Crippen molar-refractivity contribution in [3.8, 4) is 11.5 Å². The maximum atomic E-state index is 13.1. The molecule has 2 aromatic carbocycles. The lowest BCUT2D eigenvalue weighted by Crippen LogP contribution is -1.93. The number of nitrogens with two attached hydrogens (primary N) is 1. The summed E-state index contributed by atoms with van der Waals surface area (Å²) in [5, 5.41) is 0.00410. The van der Waals surface area contributed by atoms with Gasteiger partial charge in [0.05, 0.1) is 10.7 Å². The number of halogens is 3. The Balaban J connectivity index is 2.28. The Hall–Kier alpha value is -1.81. The Morgan fingerprint density at radius 3 is 2.47 bits per heavy atom. The molecule has 0 saturated heterocycles. The van der Waals surface area contributed by atoms with Crippen LogP contribution in [0.1, 0.15) is 0 Å². The third kappa shape index (κ3) is 2.65. The first kappa shape index (κ1) is 11.7. The number of nitrogen functional groups attached to an aromatic ring is 1. The number of hydrogen-bond donors (Lipinski definition) is 1. The van der Waals surface area contributed by atoms with Gasteiger partial charge < -0.3 is 10.5 Å². The van der Waals surface area contributed by atoms with Crippen molar-refractivity contribution in [2.45, 2.75) is 0 Å². The fraction of sp³-hybridized carbons (Fsp3) is 0. The lowest BCUT2D eigenvalue weighted by molar-refractivity contribution is 0.477. The molecule has 0 amide bonds. The van der Waals surface area contributed by atoms with Crippen LogP contribution in [0.4, 0.5) is 14.5 Å². The molecule has 2 aromatic rings. The van der Waals surface area contributed by atoms with Gasteiger partial charge in [0.25, 0.3) is 0 Å². The molecule has 0 spiro atoms. The van der Waals surface area contributed by atoms with Crippen LogP contribution in [0.25, 0.3) is 0 Å². The van der Waals surface area contributed by atoms with Crippen LogP contribution in [0.5, 0.6) is 11.5 Å². The van der Waals surface area contributed by atoms with Crippen LogP contribution in [-0.4, -0.2) is 0 Å². The molecule has 0 bridgehead atoms. The molecule has 2 N–H and O–H groups in total. The van der Waals surface area contributed by atoms with Crippen LogP contribution in [0, 0.1) is 11.6 Å². The fourth-order valence-corrected chi connectivity index (χ4v) is 1.40. The van der Waals surface area contributed by atoms with Crippen LogP contribution in [0.15, 0.2) is 36.4 Å². The van der Waals surface area contributed by atoms with E-state index in [1.165, 1.54) is 24.3 Å². The molecule has 0 heterocycles. The maximum absolute atomic E-state index is 13.1. The van der Waals surface area contributed by atoms with Crippen molar-refractivity contribution in [1.82, 2.24) is 0 Å². The first-order valence-electron chi connectivity index (χ1n) is 4.74.